The fraction of sp³-hybridized carbons (Fsp3) is 0.125. The zero-order valence-corrected chi connectivity index (χ0v) is 7.57. The van der Waals surface area contributed by atoms with Crippen molar-refractivity contribution in [1.82, 2.24) is 9.97 Å². The number of thioether (sulfide) groups is 1. The van der Waals surface area contributed by atoms with Gasteiger partial charge in [-0.1, -0.05) is 17.8 Å². The first-order valence-corrected chi connectivity index (χ1v) is 4.57. The predicted octanol–water partition coefficient (Wildman–Crippen LogP) is 1.21. The summed E-state index contributed by atoms with van der Waals surface area (Å²) < 4.78 is 0. The quantitative estimate of drug-likeness (QED) is 0.445. The van der Waals surface area contributed by atoms with Gasteiger partial charge in [0.05, 0.1) is 0 Å². The summed E-state index contributed by atoms with van der Waals surface area (Å²) in [6.07, 6.45) is 5.96. The fourth-order valence-electron chi connectivity index (χ4n) is 0.632. The molecule has 0 saturated carbocycles. The molecule has 0 bridgehead atoms. The number of aliphatic carboxylic acids is 1. The maximum Gasteiger partial charge on any atom is 0.328 e. The van der Waals surface area contributed by atoms with Crippen LogP contribution < -0.4 is 0 Å². The summed E-state index contributed by atoms with van der Waals surface area (Å²) in [5, 5.41) is 8.93. The zero-order chi connectivity index (χ0) is 9.52. The van der Waals surface area contributed by atoms with E-state index in [-0.39, 0.29) is 0 Å². The van der Waals surface area contributed by atoms with Gasteiger partial charge in [-0.05, 0) is 6.07 Å². The summed E-state index contributed by atoms with van der Waals surface area (Å²) >= 11 is 1.39. The van der Waals surface area contributed by atoms with Crippen molar-refractivity contribution in [2.75, 3.05) is 5.75 Å². The lowest BCUT2D eigenvalue weighted by Gasteiger charge is -1.92. The topological polar surface area (TPSA) is 63.1 Å². The molecule has 0 atom stereocenters. The van der Waals surface area contributed by atoms with Crippen molar-refractivity contribution in [3.63, 3.8) is 0 Å². The van der Waals surface area contributed by atoms with E-state index in [1.165, 1.54) is 11.8 Å². The van der Waals surface area contributed by atoms with Crippen LogP contribution in [0.1, 0.15) is 0 Å². The number of rotatable bonds is 4. The Balaban J connectivity index is 2.32. The minimum Gasteiger partial charge on any atom is -0.478 e. The number of carboxylic acids is 1. The summed E-state index contributed by atoms with van der Waals surface area (Å²) in [5.41, 5.74) is 0. The summed E-state index contributed by atoms with van der Waals surface area (Å²) in [7, 11) is 0. The van der Waals surface area contributed by atoms with E-state index in [9.17, 15) is 4.79 Å². The summed E-state index contributed by atoms with van der Waals surface area (Å²) in [4.78, 5) is 18.0. The molecule has 0 aliphatic heterocycles. The average Bonchev–Trinajstić information content (AvgIpc) is 2.14. The van der Waals surface area contributed by atoms with Crippen LogP contribution in [0, 0.1) is 0 Å². The van der Waals surface area contributed by atoms with E-state index in [1.807, 2.05) is 0 Å². The van der Waals surface area contributed by atoms with Crippen LogP contribution in [0.4, 0.5) is 0 Å². The van der Waals surface area contributed by atoms with Gasteiger partial charge in [0, 0.05) is 24.2 Å². The third-order valence-electron chi connectivity index (χ3n) is 1.11. The van der Waals surface area contributed by atoms with Crippen molar-refractivity contribution in [2.24, 2.45) is 0 Å². The van der Waals surface area contributed by atoms with E-state index in [0.717, 1.165) is 6.08 Å². The average molecular weight is 196 g/mol. The molecule has 1 rings (SSSR count). The van der Waals surface area contributed by atoms with Gasteiger partial charge in [-0.2, -0.15) is 0 Å². The molecule has 1 heterocycles. The van der Waals surface area contributed by atoms with Crippen LogP contribution in [0.15, 0.2) is 35.8 Å². The highest BCUT2D eigenvalue weighted by Crippen LogP contribution is 2.10. The SMILES string of the molecule is O=C(O)C=CCSc1ncccn1. The maximum absolute atomic E-state index is 10.1. The first kappa shape index (κ1) is 9.73. The molecule has 5 heteroatoms. The van der Waals surface area contributed by atoms with E-state index in [4.69, 9.17) is 5.11 Å². The molecule has 1 aromatic heterocycles. The third kappa shape index (κ3) is 4.27. The number of nitrogens with zero attached hydrogens (tertiary/aromatic N) is 2. The van der Waals surface area contributed by atoms with Gasteiger partial charge >= 0.3 is 5.97 Å². The number of carbonyl (C=O) groups is 1. The normalized spacial score (nSPS) is 10.5. The van der Waals surface area contributed by atoms with Gasteiger partial charge in [-0.25, -0.2) is 14.8 Å². The van der Waals surface area contributed by atoms with Gasteiger partial charge < -0.3 is 5.11 Å². The van der Waals surface area contributed by atoms with Crippen molar-refractivity contribution in [3.8, 4) is 0 Å². The fourth-order valence-corrected chi connectivity index (χ4v) is 1.24. The monoisotopic (exact) mass is 196 g/mol. The lowest BCUT2D eigenvalue weighted by Crippen LogP contribution is -1.87. The second-order valence-electron chi connectivity index (χ2n) is 2.08. The number of aromatic nitrogens is 2. The molecular weight excluding hydrogens is 188 g/mol. The van der Waals surface area contributed by atoms with Crippen LogP contribution in [0.25, 0.3) is 0 Å². The predicted molar refractivity (Wildman–Crippen MR) is 49.5 cm³/mol. The Morgan fingerprint density at radius 3 is 2.85 bits per heavy atom. The smallest absolute Gasteiger partial charge is 0.328 e. The van der Waals surface area contributed by atoms with Crippen molar-refractivity contribution in [2.45, 2.75) is 5.16 Å². The van der Waals surface area contributed by atoms with E-state index in [1.54, 1.807) is 24.5 Å². The van der Waals surface area contributed by atoms with Crippen LogP contribution in [0.3, 0.4) is 0 Å². The molecule has 0 aliphatic rings. The lowest BCUT2D eigenvalue weighted by molar-refractivity contribution is -0.131. The van der Waals surface area contributed by atoms with Crippen LogP contribution in [-0.4, -0.2) is 26.8 Å². The molecule has 0 aliphatic carbocycles. The highest BCUT2D eigenvalue weighted by atomic mass is 32.2. The third-order valence-corrected chi connectivity index (χ3v) is 1.94. The highest BCUT2D eigenvalue weighted by molar-refractivity contribution is 7.99. The largest absolute Gasteiger partial charge is 0.478 e. The Morgan fingerprint density at radius 2 is 2.23 bits per heavy atom. The standard InChI is InChI=1S/C8H8N2O2S/c11-7(12)3-1-6-13-8-9-4-2-5-10-8/h1-5H,6H2,(H,11,12). The summed E-state index contributed by atoms with van der Waals surface area (Å²) in [6.45, 7) is 0. The Kier molecular flexibility index (Phi) is 3.98. The summed E-state index contributed by atoms with van der Waals surface area (Å²) in [5.74, 6) is -0.370. The van der Waals surface area contributed by atoms with Crippen LogP contribution in [-0.2, 0) is 4.79 Å². The maximum atomic E-state index is 10.1. The van der Waals surface area contributed by atoms with Crippen molar-refractivity contribution in [3.05, 3.63) is 30.6 Å². The van der Waals surface area contributed by atoms with Gasteiger partial charge in [-0.15, -0.1) is 0 Å². The second-order valence-corrected chi connectivity index (χ2v) is 3.07. The molecule has 0 unspecified atom stereocenters. The summed E-state index contributed by atoms with van der Waals surface area (Å²) in [6, 6.07) is 1.73. The molecule has 0 fully saturated rings. The highest BCUT2D eigenvalue weighted by Gasteiger charge is 1.92. The molecule has 0 radical (unpaired) electrons. The minimum atomic E-state index is -0.936. The zero-order valence-electron chi connectivity index (χ0n) is 6.75. The van der Waals surface area contributed by atoms with Crippen LogP contribution >= 0.6 is 11.8 Å². The molecular formula is C8H8N2O2S. The number of carboxylic acid groups (broad SMARTS) is 1. The Labute approximate surface area is 79.7 Å². The molecule has 68 valence electrons. The molecule has 1 aromatic rings. The first-order valence-electron chi connectivity index (χ1n) is 3.58. The second kappa shape index (κ2) is 5.31. The number of hydrogen-bond donors (Lipinski definition) is 1. The molecule has 1 N–H and O–H groups in total. The van der Waals surface area contributed by atoms with Gasteiger partial charge in [0.25, 0.3) is 0 Å². The minimum absolute atomic E-state index is 0.566. The van der Waals surface area contributed by atoms with Crippen molar-refractivity contribution < 1.29 is 9.90 Å². The Bertz CT molecular complexity index is 300. The molecule has 0 amide bonds. The number of hydrogen-bond acceptors (Lipinski definition) is 4. The van der Waals surface area contributed by atoms with E-state index in [0.29, 0.717) is 10.9 Å². The van der Waals surface area contributed by atoms with Gasteiger partial charge in [0.15, 0.2) is 5.16 Å². The lowest BCUT2D eigenvalue weighted by atomic mass is 10.5. The van der Waals surface area contributed by atoms with E-state index >= 15 is 0 Å². The van der Waals surface area contributed by atoms with Gasteiger partial charge in [0.1, 0.15) is 0 Å². The van der Waals surface area contributed by atoms with Gasteiger partial charge in [0.2, 0.25) is 0 Å². The molecule has 0 saturated heterocycles. The van der Waals surface area contributed by atoms with Crippen molar-refractivity contribution >= 4 is 17.7 Å². The Hall–Kier alpha value is -1.36. The molecule has 0 aromatic carbocycles. The van der Waals surface area contributed by atoms with E-state index in [2.05, 4.69) is 9.97 Å². The van der Waals surface area contributed by atoms with E-state index < -0.39 is 5.97 Å². The Morgan fingerprint density at radius 1 is 1.54 bits per heavy atom. The molecule has 13 heavy (non-hydrogen) atoms. The molecule has 4 nitrogen and oxygen atoms in total. The van der Waals surface area contributed by atoms with Crippen LogP contribution in [0.5, 0.6) is 0 Å². The first-order chi connectivity index (χ1) is 6.29. The van der Waals surface area contributed by atoms with Crippen LogP contribution in [0.2, 0.25) is 0 Å². The van der Waals surface area contributed by atoms with Crippen molar-refractivity contribution in [1.29, 1.82) is 0 Å². The van der Waals surface area contributed by atoms with Gasteiger partial charge in [-0.3, -0.25) is 0 Å². The molecule has 0 spiro atoms.